The number of rotatable bonds is 0. The van der Waals surface area contributed by atoms with Gasteiger partial charge in [0.05, 0.1) is 18.6 Å². The number of amides is 1. The van der Waals surface area contributed by atoms with Crippen LogP contribution in [0.3, 0.4) is 0 Å². The quantitative estimate of drug-likeness (QED) is 0.512. The van der Waals surface area contributed by atoms with Gasteiger partial charge in [-0.1, -0.05) is 0 Å². The number of hydrogen-bond donors (Lipinski definition) is 1. The molecular weight excluding hydrogens is 130 g/mol. The minimum Gasteiger partial charge on any atom is -0.379 e. The van der Waals surface area contributed by atoms with Gasteiger partial charge in [-0.05, 0) is 12.8 Å². The van der Waals surface area contributed by atoms with E-state index in [1.54, 1.807) is 0 Å². The first-order chi connectivity index (χ1) is 4.83. The monoisotopic (exact) mass is 141 g/mol. The van der Waals surface area contributed by atoms with Crippen LogP contribution < -0.4 is 5.32 Å². The highest BCUT2D eigenvalue weighted by atomic mass is 16.5. The second-order valence-electron chi connectivity index (χ2n) is 3.09. The SMILES string of the molecule is O=C1NCCOCC12CC2. The van der Waals surface area contributed by atoms with Crippen LogP contribution in [0.15, 0.2) is 0 Å². The maximum Gasteiger partial charge on any atom is 0.228 e. The normalized spacial score (nSPS) is 29.4. The van der Waals surface area contributed by atoms with Crippen molar-refractivity contribution in [1.82, 2.24) is 5.32 Å². The molecule has 0 unspecified atom stereocenters. The molecule has 0 radical (unpaired) electrons. The zero-order chi connectivity index (χ0) is 7.03. The van der Waals surface area contributed by atoms with Gasteiger partial charge in [0.1, 0.15) is 0 Å². The van der Waals surface area contributed by atoms with Crippen molar-refractivity contribution >= 4 is 5.91 Å². The van der Waals surface area contributed by atoms with E-state index in [4.69, 9.17) is 4.74 Å². The molecule has 56 valence electrons. The second kappa shape index (κ2) is 1.95. The lowest BCUT2D eigenvalue weighted by Crippen LogP contribution is -2.31. The maximum atomic E-state index is 11.2. The minimum absolute atomic E-state index is 0.101. The molecule has 1 aliphatic carbocycles. The van der Waals surface area contributed by atoms with Gasteiger partial charge in [-0.15, -0.1) is 0 Å². The molecule has 0 atom stereocenters. The highest BCUT2D eigenvalue weighted by Gasteiger charge is 2.50. The number of nitrogens with one attached hydrogen (secondary N) is 1. The molecule has 2 fully saturated rings. The fourth-order valence-corrected chi connectivity index (χ4v) is 1.28. The third kappa shape index (κ3) is 0.814. The van der Waals surface area contributed by atoms with Crippen molar-refractivity contribution in [2.75, 3.05) is 19.8 Å². The Hall–Kier alpha value is -0.570. The maximum absolute atomic E-state index is 11.2. The summed E-state index contributed by atoms with van der Waals surface area (Å²) in [6, 6.07) is 0. The molecule has 1 amide bonds. The molecule has 1 N–H and O–H groups in total. The van der Waals surface area contributed by atoms with Crippen molar-refractivity contribution in [3.63, 3.8) is 0 Å². The van der Waals surface area contributed by atoms with E-state index < -0.39 is 0 Å². The van der Waals surface area contributed by atoms with Crippen LogP contribution in [0.1, 0.15) is 12.8 Å². The molecule has 1 heterocycles. The van der Waals surface area contributed by atoms with Gasteiger partial charge >= 0.3 is 0 Å². The van der Waals surface area contributed by atoms with Gasteiger partial charge in [-0.2, -0.15) is 0 Å². The predicted octanol–water partition coefficient (Wildman–Crippen LogP) is -0.0870. The van der Waals surface area contributed by atoms with Gasteiger partial charge < -0.3 is 10.1 Å². The number of hydrogen-bond acceptors (Lipinski definition) is 2. The van der Waals surface area contributed by atoms with Crippen molar-refractivity contribution in [3.05, 3.63) is 0 Å². The van der Waals surface area contributed by atoms with Gasteiger partial charge in [-0.3, -0.25) is 4.79 Å². The van der Waals surface area contributed by atoms with Crippen LogP contribution in [0, 0.1) is 5.41 Å². The number of carbonyl (C=O) groups is 1. The van der Waals surface area contributed by atoms with E-state index >= 15 is 0 Å². The van der Waals surface area contributed by atoms with Crippen molar-refractivity contribution in [2.45, 2.75) is 12.8 Å². The largest absolute Gasteiger partial charge is 0.379 e. The lowest BCUT2D eigenvalue weighted by molar-refractivity contribution is -0.126. The van der Waals surface area contributed by atoms with E-state index in [9.17, 15) is 4.79 Å². The van der Waals surface area contributed by atoms with Gasteiger partial charge in [0.2, 0.25) is 5.91 Å². The fourth-order valence-electron chi connectivity index (χ4n) is 1.28. The molecule has 1 saturated heterocycles. The molecule has 10 heavy (non-hydrogen) atoms. The summed E-state index contributed by atoms with van der Waals surface area (Å²) >= 11 is 0. The van der Waals surface area contributed by atoms with Crippen LogP contribution in [-0.2, 0) is 9.53 Å². The molecule has 0 aromatic rings. The smallest absolute Gasteiger partial charge is 0.228 e. The summed E-state index contributed by atoms with van der Waals surface area (Å²) in [4.78, 5) is 11.2. The average molecular weight is 141 g/mol. The standard InChI is InChI=1S/C7H11NO2/c9-6-7(1-2-7)5-10-4-3-8-6/h1-5H2,(H,8,9). The highest BCUT2D eigenvalue weighted by molar-refractivity contribution is 5.85. The van der Waals surface area contributed by atoms with E-state index in [0.717, 1.165) is 12.8 Å². The van der Waals surface area contributed by atoms with Crippen LogP contribution in [-0.4, -0.2) is 25.7 Å². The summed E-state index contributed by atoms with van der Waals surface area (Å²) in [5.41, 5.74) is -0.101. The molecule has 1 aliphatic heterocycles. The minimum atomic E-state index is -0.101. The lowest BCUT2D eigenvalue weighted by Gasteiger charge is -2.07. The third-order valence-electron chi connectivity index (χ3n) is 2.25. The fraction of sp³-hybridized carbons (Fsp3) is 0.857. The predicted molar refractivity (Wildman–Crippen MR) is 35.5 cm³/mol. The van der Waals surface area contributed by atoms with Crippen molar-refractivity contribution in [2.24, 2.45) is 5.41 Å². The van der Waals surface area contributed by atoms with E-state index in [1.807, 2.05) is 0 Å². The van der Waals surface area contributed by atoms with Crippen molar-refractivity contribution in [1.29, 1.82) is 0 Å². The molecule has 2 rings (SSSR count). The Morgan fingerprint density at radius 2 is 2.30 bits per heavy atom. The molecule has 1 saturated carbocycles. The Balaban J connectivity index is 2.09. The van der Waals surface area contributed by atoms with Crippen LogP contribution in [0.4, 0.5) is 0 Å². The average Bonchev–Trinajstić information content (AvgIpc) is 2.69. The van der Waals surface area contributed by atoms with Gasteiger partial charge in [0.15, 0.2) is 0 Å². The van der Waals surface area contributed by atoms with Crippen LogP contribution in [0.25, 0.3) is 0 Å². The summed E-state index contributed by atoms with van der Waals surface area (Å²) in [5, 5.41) is 2.83. The molecule has 3 nitrogen and oxygen atoms in total. The van der Waals surface area contributed by atoms with Crippen molar-refractivity contribution < 1.29 is 9.53 Å². The van der Waals surface area contributed by atoms with Crippen LogP contribution in [0.5, 0.6) is 0 Å². The number of carbonyl (C=O) groups excluding carboxylic acids is 1. The van der Waals surface area contributed by atoms with Gasteiger partial charge in [-0.25, -0.2) is 0 Å². The van der Waals surface area contributed by atoms with Gasteiger partial charge in [0.25, 0.3) is 0 Å². The Morgan fingerprint density at radius 3 is 3.00 bits per heavy atom. The summed E-state index contributed by atoms with van der Waals surface area (Å²) in [7, 11) is 0. The molecule has 0 bridgehead atoms. The van der Waals surface area contributed by atoms with E-state index in [-0.39, 0.29) is 11.3 Å². The Morgan fingerprint density at radius 1 is 1.50 bits per heavy atom. The first-order valence-electron chi connectivity index (χ1n) is 3.70. The first kappa shape index (κ1) is 6.16. The third-order valence-corrected chi connectivity index (χ3v) is 2.25. The molecular formula is C7H11NO2. The Bertz CT molecular complexity index is 163. The molecule has 0 aromatic carbocycles. The Labute approximate surface area is 59.7 Å². The highest BCUT2D eigenvalue weighted by Crippen LogP contribution is 2.46. The van der Waals surface area contributed by atoms with Gasteiger partial charge in [0, 0.05) is 6.54 Å². The van der Waals surface area contributed by atoms with E-state index in [1.165, 1.54) is 0 Å². The first-order valence-corrected chi connectivity index (χ1v) is 3.70. The lowest BCUT2D eigenvalue weighted by atomic mass is 10.1. The molecule has 3 heteroatoms. The van der Waals surface area contributed by atoms with Crippen LogP contribution >= 0.6 is 0 Å². The zero-order valence-electron chi connectivity index (χ0n) is 5.85. The van der Waals surface area contributed by atoms with Crippen LogP contribution in [0.2, 0.25) is 0 Å². The van der Waals surface area contributed by atoms with E-state index in [2.05, 4.69) is 5.32 Å². The summed E-state index contributed by atoms with van der Waals surface area (Å²) in [6.45, 7) is 1.99. The molecule has 0 aromatic heterocycles. The van der Waals surface area contributed by atoms with E-state index in [0.29, 0.717) is 19.8 Å². The molecule has 1 spiro atoms. The van der Waals surface area contributed by atoms with Crippen molar-refractivity contribution in [3.8, 4) is 0 Å². The zero-order valence-corrected chi connectivity index (χ0v) is 5.85. The summed E-state index contributed by atoms with van der Waals surface area (Å²) < 4.78 is 5.26. The second-order valence-corrected chi connectivity index (χ2v) is 3.09. The summed E-state index contributed by atoms with van der Waals surface area (Å²) in [6.07, 6.45) is 2.03. The number of ether oxygens (including phenoxy) is 1. The Kier molecular flexibility index (Phi) is 1.20. The topological polar surface area (TPSA) is 38.3 Å². The molecule has 2 aliphatic rings. The summed E-state index contributed by atoms with van der Waals surface area (Å²) in [5.74, 6) is 0.199.